The molecule has 1 N–H and O–H groups in total. The van der Waals surface area contributed by atoms with Gasteiger partial charge in [-0.3, -0.25) is 0 Å². The zero-order valence-corrected chi connectivity index (χ0v) is 12.2. The number of carboxylic acids is 2. The van der Waals surface area contributed by atoms with Gasteiger partial charge in [-0.2, -0.15) is 0 Å². The number of carbonyl (C=O) groups excluding carboxylic acids is 1. The largest absolute Gasteiger partial charge is 0.543 e. The van der Waals surface area contributed by atoms with Gasteiger partial charge in [0.1, 0.15) is 5.69 Å². The summed E-state index contributed by atoms with van der Waals surface area (Å²) in [7, 11) is 0. The molecule has 0 spiro atoms. The molecule has 0 aliphatic heterocycles. The van der Waals surface area contributed by atoms with Gasteiger partial charge >= 0.3 is 5.97 Å². The third-order valence-electron chi connectivity index (χ3n) is 3.93. The van der Waals surface area contributed by atoms with E-state index in [0.717, 1.165) is 16.2 Å². The van der Waals surface area contributed by atoms with E-state index in [9.17, 15) is 19.8 Å². The van der Waals surface area contributed by atoms with Crippen LogP contribution in [0.4, 0.5) is 0 Å². The van der Waals surface area contributed by atoms with E-state index in [1.807, 2.05) is 24.3 Å². The molecule has 2 aromatic carbocycles. The van der Waals surface area contributed by atoms with E-state index in [-0.39, 0.29) is 11.4 Å². The Morgan fingerprint density at radius 3 is 1.75 bits per heavy atom. The molecule has 0 saturated carbocycles. The van der Waals surface area contributed by atoms with Crippen molar-refractivity contribution in [2.24, 2.45) is 0 Å². The Morgan fingerprint density at radius 2 is 1.21 bits per heavy atom. The summed E-state index contributed by atoms with van der Waals surface area (Å²) in [6.45, 7) is 0. The van der Waals surface area contributed by atoms with Crippen molar-refractivity contribution in [3.8, 4) is 0 Å². The minimum Gasteiger partial charge on any atom is -0.543 e. The van der Waals surface area contributed by atoms with Crippen LogP contribution in [0.3, 0.4) is 0 Å². The molecule has 0 amide bonds. The third kappa shape index (κ3) is 2.04. The Hall–Kier alpha value is -3.54. The van der Waals surface area contributed by atoms with Crippen LogP contribution < -0.4 is 5.11 Å². The van der Waals surface area contributed by atoms with Crippen LogP contribution in [0, 0.1) is 0 Å². The standard InChI is InChI=1S/C18H10N2O4/c21-17(22)12-7-5-10-3-1-9-2-4-11-6-8-13(18(23)24)20-16(11)14(9)15(10)19-12/h1-8H,(H,21,22)(H,23,24)/p-1. The molecule has 0 saturated heterocycles. The lowest BCUT2D eigenvalue weighted by Crippen LogP contribution is -2.23. The average Bonchev–Trinajstić information content (AvgIpc) is 2.59. The van der Waals surface area contributed by atoms with Gasteiger partial charge in [0.2, 0.25) is 0 Å². The van der Waals surface area contributed by atoms with Crippen LogP contribution in [0.25, 0.3) is 32.6 Å². The molecule has 0 aliphatic carbocycles. The summed E-state index contributed by atoms with van der Waals surface area (Å²) < 4.78 is 0. The topological polar surface area (TPSA) is 103 Å². The first-order valence-electron chi connectivity index (χ1n) is 7.12. The van der Waals surface area contributed by atoms with Crippen molar-refractivity contribution in [2.45, 2.75) is 0 Å². The summed E-state index contributed by atoms with van der Waals surface area (Å²) in [5.74, 6) is -2.49. The Bertz CT molecular complexity index is 1080. The summed E-state index contributed by atoms with van der Waals surface area (Å²) in [4.78, 5) is 30.7. The van der Waals surface area contributed by atoms with Crippen molar-refractivity contribution < 1.29 is 19.8 Å². The fraction of sp³-hybridized carbons (Fsp3) is 0. The molecule has 6 heteroatoms. The van der Waals surface area contributed by atoms with Gasteiger partial charge in [-0.15, -0.1) is 0 Å². The van der Waals surface area contributed by atoms with E-state index < -0.39 is 11.9 Å². The lowest BCUT2D eigenvalue weighted by molar-refractivity contribution is -0.255. The fourth-order valence-electron chi connectivity index (χ4n) is 2.81. The van der Waals surface area contributed by atoms with Crippen LogP contribution in [0.1, 0.15) is 21.0 Å². The maximum atomic E-state index is 11.2. The summed E-state index contributed by atoms with van der Waals surface area (Å²) in [5, 5.41) is 23.2. The maximum absolute atomic E-state index is 11.2. The van der Waals surface area contributed by atoms with E-state index in [1.54, 1.807) is 12.1 Å². The number of benzene rings is 2. The number of hydrogen-bond acceptors (Lipinski definition) is 5. The second-order valence-corrected chi connectivity index (χ2v) is 5.36. The minimum atomic E-state index is -1.37. The highest BCUT2D eigenvalue weighted by atomic mass is 16.4. The summed E-state index contributed by atoms with van der Waals surface area (Å²) >= 11 is 0. The number of rotatable bonds is 2. The molecular formula is C18H9N2O4-. The molecule has 6 nitrogen and oxygen atoms in total. The fourth-order valence-corrected chi connectivity index (χ4v) is 2.81. The van der Waals surface area contributed by atoms with Crippen molar-refractivity contribution in [1.29, 1.82) is 0 Å². The van der Waals surface area contributed by atoms with Crippen molar-refractivity contribution >= 4 is 44.5 Å². The third-order valence-corrected chi connectivity index (χ3v) is 3.93. The van der Waals surface area contributed by atoms with Crippen LogP contribution in [0.15, 0.2) is 48.5 Å². The van der Waals surface area contributed by atoms with E-state index >= 15 is 0 Å². The molecule has 24 heavy (non-hydrogen) atoms. The van der Waals surface area contributed by atoms with Crippen molar-refractivity contribution in [3.05, 3.63) is 59.9 Å². The summed E-state index contributed by atoms with van der Waals surface area (Å²) in [6.07, 6.45) is 0. The number of aromatic carboxylic acids is 2. The van der Waals surface area contributed by atoms with Gasteiger partial charge in [0.15, 0.2) is 0 Å². The monoisotopic (exact) mass is 317 g/mol. The lowest BCUT2D eigenvalue weighted by Gasteiger charge is -2.09. The Balaban J connectivity index is 2.23. The summed E-state index contributed by atoms with van der Waals surface area (Å²) in [6, 6.07) is 13.5. The molecule has 0 radical (unpaired) electrons. The number of hydrogen-bond donors (Lipinski definition) is 1. The van der Waals surface area contributed by atoms with Gasteiger partial charge in [0.05, 0.1) is 22.7 Å². The lowest BCUT2D eigenvalue weighted by atomic mass is 10.0. The molecule has 4 aromatic rings. The van der Waals surface area contributed by atoms with Crippen LogP contribution in [0.2, 0.25) is 0 Å². The van der Waals surface area contributed by atoms with Gasteiger partial charge < -0.3 is 15.0 Å². The number of fused-ring (bicyclic) bond motifs is 5. The highest BCUT2D eigenvalue weighted by molar-refractivity contribution is 6.18. The smallest absolute Gasteiger partial charge is 0.354 e. The normalized spacial score (nSPS) is 11.2. The van der Waals surface area contributed by atoms with Crippen molar-refractivity contribution in [1.82, 2.24) is 9.97 Å². The Morgan fingerprint density at radius 1 is 0.750 bits per heavy atom. The van der Waals surface area contributed by atoms with E-state index in [0.29, 0.717) is 16.4 Å². The molecule has 2 heterocycles. The molecule has 2 aromatic heterocycles. The van der Waals surface area contributed by atoms with Gasteiger partial charge in [-0.25, -0.2) is 14.8 Å². The maximum Gasteiger partial charge on any atom is 0.354 e. The van der Waals surface area contributed by atoms with Crippen molar-refractivity contribution in [2.75, 3.05) is 0 Å². The second-order valence-electron chi connectivity index (χ2n) is 5.36. The van der Waals surface area contributed by atoms with Gasteiger partial charge in [-0.05, 0) is 17.5 Å². The summed E-state index contributed by atoms with van der Waals surface area (Å²) in [5.41, 5.74) is 0.667. The predicted molar refractivity (Wildman–Crippen MR) is 85.8 cm³/mol. The SMILES string of the molecule is O=C([O-])c1ccc2ccc3ccc4ccc(C(=O)O)nc4c3c2n1. The van der Waals surface area contributed by atoms with E-state index in [1.165, 1.54) is 12.1 Å². The Labute approximate surface area is 135 Å². The number of nitrogens with zero attached hydrogens (tertiary/aromatic N) is 2. The van der Waals surface area contributed by atoms with Crippen LogP contribution in [-0.4, -0.2) is 27.0 Å². The second kappa shape index (κ2) is 4.99. The molecule has 0 atom stereocenters. The van der Waals surface area contributed by atoms with E-state index in [4.69, 9.17) is 0 Å². The highest BCUT2D eigenvalue weighted by Crippen LogP contribution is 2.30. The number of pyridine rings is 2. The van der Waals surface area contributed by atoms with Crippen LogP contribution in [-0.2, 0) is 0 Å². The number of carbonyl (C=O) groups is 2. The van der Waals surface area contributed by atoms with E-state index in [2.05, 4.69) is 9.97 Å². The molecule has 116 valence electrons. The average molecular weight is 317 g/mol. The predicted octanol–water partition coefficient (Wildman–Crippen LogP) is 2.00. The van der Waals surface area contributed by atoms with Crippen LogP contribution >= 0.6 is 0 Å². The van der Waals surface area contributed by atoms with Crippen LogP contribution in [0.5, 0.6) is 0 Å². The first-order chi connectivity index (χ1) is 11.5. The van der Waals surface area contributed by atoms with Gasteiger partial charge in [0.25, 0.3) is 0 Å². The molecule has 4 rings (SSSR count). The first-order valence-corrected chi connectivity index (χ1v) is 7.12. The molecule has 0 aliphatic rings. The molecule has 0 bridgehead atoms. The highest BCUT2D eigenvalue weighted by Gasteiger charge is 2.12. The molecule has 0 fully saturated rings. The van der Waals surface area contributed by atoms with Gasteiger partial charge in [0, 0.05) is 16.2 Å². The number of carboxylic acid groups (broad SMARTS) is 2. The number of aromatic nitrogens is 2. The minimum absolute atomic E-state index is 0.0805. The zero-order chi connectivity index (χ0) is 16.8. The first kappa shape index (κ1) is 14.1. The molecule has 0 unspecified atom stereocenters. The quantitative estimate of drug-likeness (QED) is 0.567. The van der Waals surface area contributed by atoms with Gasteiger partial charge in [-0.1, -0.05) is 36.4 Å². The Kier molecular flexibility index (Phi) is 2.93. The molecular weight excluding hydrogens is 308 g/mol. The van der Waals surface area contributed by atoms with Crippen molar-refractivity contribution in [3.63, 3.8) is 0 Å². The zero-order valence-electron chi connectivity index (χ0n) is 12.2.